The minimum Gasteiger partial charge on any atom is -0.485 e. The van der Waals surface area contributed by atoms with Gasteiger partial charge in [0.25, 0.3) is 0 Å². The van der Waals surface area contributed by atoms with Crippen molar-refractivity contribution in [3.8, 4) is 5.75 Å². The molecule has 3 aromatic carbocycles. The molecule has 158 valence electrons. The lowest BCUT2D eigenvalue weighted by Gasteiger charge is -2.11. The number of para-hydroxylation sites is 1. The second-order valence-corrected chi connectivity index (χ2v) is 8.25. The molecule has 1 amide bonds. The van der Waals surface area contributed by atoms with Crippen molar-refractivity contribution in [2.75, 3.05) is 11.1 Å². The number of aryl methyl sites for hydroxylation is 2. The van der Waals surface area contributed by atoms with Gasteiger partial charge >= 0.3 is 0 Å². The van der Waals surface area contributed by atoms with E-state index in [9.17, 15) is 4.79 Å². The van der Waals surface area contributed by atoms with Gasteiger partial charge in [-0.05, 0) is 47.9 Å². The topological polar surface area (TPSA) is 69.0 Å². The van der Waals surface area contributed by atoms with Crippen LogP contribution in [0.3, 0.4) is 0 Å². The summed E-state index contributed by atoms with van der Waals surface area (Å²) in [6, 6.07) is 20.0. The highest BCUT2D eigenvalue weighted by molar-refractivity contribution is 7.99. The summed E-state index contributed by atoms with van der Waals surface area (Å²) in [6.07, 6.45) is 0. The van der Waals surface area contributed by atoms with Gasteiger partial charge < -0.3 is 14.6 Å². The van der Waals surface area contributed by atoms with Crippen molar-refractivity contribution in [2.24, 2.45) is 7.05 Å². The maximum atomic E-state index is 12.3. The zero-order valence-electron chi connectivity index (χ0n) is 17.8. The van der Waals surface area contributed by atoms with Crippen LogP contribution < -0.4 is 10.1 Å². The quantitative estimate of drug-likeness (QED) is 0.421. The van der Waals surface area contributed by atoms with E-state index in [1.165, 1.54) is 22.5 Å². The van der Waals surface area contributed by atoms with E-state index in [-0.39, 0.29) is 11.7 Å². The average molecular weight is 433 g/mol. The highest BCUT2D eigenvalue weighted by atomic mass is 32.2. The third-order valence-electron chi connectivity index (χ3n) is 5.18. The third kappa shape index (κ3) is 4.72. The summed E-state index contributed by atoms with van der Waals surface area (Å²) in [4.78, 5) is 12.3. The Labute approximate surface area is 185 Å². The van der Waals surface area contributed by atoms with Crippen molar-refractivity contribution in [1.82, 2.24) is 14.8 Å². The zero-order chi connectivity index (χ0) is 21.8. The van der Waals surface area contributed by atoms with Crippen molar-refractivity contribution in [3.05, 3.63) is 77.6 Å². The number of hydrogen-bond donors (Lipinski definition) is 1. The van der Waals surface area contributed by atoms with E-state index in [1.54, 1.807) is 0 Å². The number of aromatic nitrogens is 3. The van der Waals surface area contributed by atoms with Crippen molar-refractivity contribution in [1.29, 1.82) is 0 Å². The number of nitrogens with one attached hydrogen (secondary N) is 1. The molecule has 0 atom stereocenters. The molecule has 4 aromatic rings. The van der Waals surface area contributed by atoms with Crippen molar-refractivity contribution < 1.29 is 9.53 Å². The second-order valence-electron chi connectivity index (χ2n) is 7.31. The number of amides is 1. The SMILES string of the molecule is Cc1ccccc1NC(=O)CSc1nnc(COc2ccc3ccccc3c2C)n1C. The number of thioether (sulfide) groups is 1. The number of nitrogens with zero attached hydrogens (tertiary/aromatic N) is 3. The fraction of sp³-hybridized carbons (Fsp3) is 0.208. The largest absolute Gasteiger partial charge is 0.485 e. The first kappa shape index (κ1) is 20.9. The molecular formula is C24H24N4O2S. The summed E-state index contributed by atoms with van der Waals surface area (Å²) in [5.74, 6) is 1.71. The van der Waals surface area contributed by atoms with Crippen LogP contribution in [0.2, 0.25) is 0 Å². The van der Waals surface area contributed by atoms with Gasteiger partial charge in [-0.2, -0.15) is 0 Å². The van der Waals surface area contributed by atoms with E-state index >= 15 is 0 Å². The number of benzene rings is 3. The number of fused-ring (bicyclic) bond motifs is 1. The van der Waals surface area contributed by atoms with E-state index in [0.717, 1.165) is 22.6 Å². The molecular weight excluding hydrogens is 408 g/mol. The van der Waals surface area contributed by atoms with Crippen molar-refractivity contribution in [3.63, 3.8) is 0 Å². The van der Waals surface area contributed by atoms with E-state index in [0.29, 0.717) is 17.6 Å². The second kappa shape index (κ2) is 9.22. The smallest absolute Gasteiger partial charge is 0.234 e. The fourth-order valence-electron chi connectivity index (χ4n) is 3.33. The van der Waals surface area contributed by atoms with Crippen LogP contribution in [-0.2, 0) is 18.4 Å². The summed E-state index contributed by atoms with van der Waals surface area (Å²) < 4.78 is 7.89. The molecule has 0 saturated carbocycles. The van der Waals surface area contributed by atoms with Gasteiger partial charge in [-0.25, -0.2) is 0 Å². The normalized spacial score (nSPS) is 10.9. The lowest BCUT2D eigenvalue weighted by molar-refractivity contribution is -0.113. The van der Waals surface area contributed by atoms with Crippen LogP contribution in [0.15, 0.2) is 65.8 Å². The summed E-state index contributed by atoms with van der Waals surface area (Å²) >= 11 is 1.35. The number of anilines is 1. The highest BCUT2D eigenvalue weighted by Crippen LogP contribution is 2.28. The van der Waals surface area contributed by atoms with Gasteiger partial charge in [0.2, 0.25) is 5.91 Å². The first-order valence-electron chi connectivity index (χ1n) is 10.0. The van der Waals surface area contributed by atoms with Crippen LogP contribution in [0.25, 0.3) is 10.8 Å². The number of rotatable bonds is 7. The number of ether oxygens (including phenoxy) is 1. The Balaban J connectivity index is 1.37. The summed E-state index contributed by atoms with van der Waals surface area (Å²) in [6.45, 7) is 4.33. The molecule has 1 aromatic heterocycles. The number of hydrogen-bond acceptors (Lipinski definition) is 5. The van der Waals surface area contributed by atoms with Gasteiger partial charge in [0, 0.05) is 12.7 Å². The number of carbonyl (C=O) groups excluding carboxylic acids is 1. The van der Waals surface area contributed by atoms with Crippen molar-refractivity contribution >= 4 is 34.1 Å². The molecule has 0 bridgehead atoms. The average Bonchev–Trinajstić information content (AvgIpc) is 3.13. The van der Waals surface area contributed by atoms with E-state index < -0.39 is 0 Å². The Morgan fingerprint density at radius 3 is 2.65 bits per heavy atom. The Kier molecular flexibility index (Phi) is 6.23. The predicted molar refractivity (Wildman–Crippen MR) is 125 cm³/mol. The van der Waals surface area contributed by atoms with Gasteiger partial charge in [-0.15, -0.1) is 10.2 Å². The molecule has 31 heavy (non-hydrogen) atoms. The predicted octanol–water partition coefficient (Wildman–Crippen LogP) is 4.89. The van der Waals surface area contributed by atoms with E-state index in [1.807, 2.05) is 61.0 Å². The molecule has 0 spiro atoms. The maximum Gasteiger partial charge on any atom is 0.234 e. The Bertz CT molecular complexity index is 1240. The lowest BCUT2D eigenvalue weighted by atomic mass is 10.0. The minimum atomic E-state index is -0.0770. The molecule has 1 N–H and O–H groups in total. The zero-order valence-corrected chi connectivity index (χ0v) is 18.6. The molecule has 0 aliphatic rings. The molecule has 7 heteroatoms. The van der Waals surface area contributed by atoms with Gasteiger partial charge in [0.05, 0.1) is 5.75 Å². The van der Waals surface area contributed by atoms with Crippen LogP contribution in [0.5, 0.6) is 5.75 Å². The van der Waals surface area contributed by atoms with E-state index in [4.69, 9.17) is 4.74 Å². The molecule has 0 saturated heterocycles. The Morgan fingerprint density at radius 2 is 1.81 bits per heavy atom. The minimum absolute atomic E-state index is 0.0770. The van der Waals surface area contributed by atoms with Crippen LogP contribution in [0, 0.1) is 13.8 Å². The van der Waals surface area contributed by atoms with Gasteiger partial charge in [0.1, 0.15) is 12.4 Å². The first-order valence-corrected chi connectivity index (χ1v) is 11.0. The molecule has 6 nitrogen and oxygen atoms in total. The molecule has 0 aliphatic carbocycles. The molecule has 0 aliphatic heterocycles. The molecule has 0 unspecified atom stereocenters. The van der Waals surface area contributed by atoms with Crippen LogP contribution in [-0.4, -0.2) is 26.4 Å². The highest BCUT2D eigenvalue weighted by Gasteiger charge is 2.13. The number of carbonyl (C=O) groups is 1. The Hall–Kier alpha value is -3.32. The van der Waals surface area contributed by atoms with Crippen LogP contribution >= 0.6 is 11.8 Å². The van der Waals surface area contributed by atoms with Gasteiger partial charge in [-0.3, -0.25) is 4.79 Å². The summed E-state index contributed by atoms with van der Waals surface area (Å²) in [5, 5.41) is 14.4. The fourth-order valence-corrected chi connectivity index (χ4v) is 4.06. The summed E-state index contributed by atoms with van der Waals surface area (Å²) in [7, 11) is 1.88. The van der Waals surface area contributed by atoms with Crippen LogP contribution in [0.1, 0.15) is 17.0 Å². The summed E-state index contributed by atoms with van der Waals surface area (Å²) in [5.41, 5.74) is 2.96. The first-order chi connectivity index (χ1) is 15.0. The van der Waals surface area contributed by atoms with Crippen molar-refractivity contribution in [2.45, 2.75) is 25.6 Å². The molecule has 1 heterocycles. The van der Waals surface area contributed by atoms with E-state index in [2.05, 4.69) is 40.6 Å². The molecule has 4 rings (SSSR count). The van der Waals surface area contributed by atoms with Gasteiger partial charge in [-0.1, -0.05) is 60.3 Å². The molecule has 0 radical (unpaired) electrons. The maximum absolute atomic E-state index is 12.3. The Morgan fingerprint density at radius 1 is 1.03 bits per heavy atom. The monoisotopic (exact) mass is 432 g/mol. The molecule has 0 fully saturated rings. The lowest BCUT2D eigenvalue weighted by Crippen LogP contribution is -2.15. The van der Waals surface area contributed by atoms with Crippen LogP contribution in [0.4, 0.5) is 5.69 Å². The van der Waals surface area contributed by atoms with Gasteiger partial charge in [0.15, 0.2) is 11.0 Å². The standard InChI is InChI=1S/C24H24N4O2S/c1-16-8-4-7-11-20(16)25-23(29)15-31-24-27-26-22(28(24)3)14-30-21-13-12-18-9-5-6-10-19(18)17(21)2/h4-13H,14-15H2,1-3H3,(H,25,29). The third-order valence-corrected chi connectivity index (χ3v) is 6.20.